The monoisotopic (exact) mass is 304 g/mol. The van der Waals surface area contributed by atoms with E-state index in [4.69, 9.17) is 0 Å². The number of hydrogen-bond acceptors (Lipinski definition) is 6. The van der Waals surface area contributed by atoms with Crippen LogP contribution in [0, 0.1) is 5.92 Å². The van der Waals surface area contributed by atoms with Crippen molar-refractivity contribution in [2.45, 2.75) is 23.5 Å². The Kier molecular flexibility index (Phi) is 4.22. The average molecular weight is 304 g/mol. The maximum absolute atomic E-state index is 12.4. The molecule has 0 bridgehead atoms. The number of rotatable bonds is 5. The zero-order chi connectivity index (χ0) is 14.0. The van der Waals surface area contributed by atoms with E-state index in [1.165, 1.54) is 24.0 Å². The van der Waals surface area contributed by atoms with Crippen molar-refractivity contribution in [2.24, 2.45) is 5.92 Å². The summed E-state index contributed by atoms with van der Waals surface area (Å²) in [5, 5.41) is 0. The summed E-state index contributed by atoms with van der Waals surface area (Å²) in [6.45, 7) is 0.487. The number of carbonyl (C=O) groups is 1. The van der Waals surface area contributed by atoms with E-state index in [1.54, 1.807) is 0 Å². The minimum Gasteiger partial charge on any atom is -0.464 e. The van der Waals surface area contributed by atoms with Gasteiger partial charge in [-0.2, -0.15) is 4.31 Å². The maximum atomic E-state index is 12.4. The summed E-state index contributed by atoms with van der Waals surface area (Å²) in [6, 6.07) is 0. The highest BCUT2D eigenvalue weighted by atomic mass is 32.2. The number of methoxy groups -OCH3 is 1. The number of esters is 1. The van der Waals surface area contributed by atoms with Crippen LogP contribution in [-0.4, -0.2) is 44.4 Å². The molecule has 1 aromatic heterocycles. The van der Waals surface area contributed by atoms with Crippen LogP contribution in [0.3, 0.4) is 0 Å². The standard InChI is InChI=1S/C11H16N2O4S2/c1-13(6-8-4-3-5-8)19(15,16)11-9(10(14)17-2)12-7-18-11/h7-8H,3-6H2,1-2H3. The van der Waals surface area contributed by atoms with Crippen molar-refractivity contribution in [3.63, 3.8) is 0 Å². The third kappa shape index (κ3) is 2.80. The Morgan fingerprint density at radius 2 is 2.26 bits per heavy atom. The van der Waals surface area contributed by atoms with E-state index in [0.29, 0.717) is 12.5 Å². The van der Waals surface area contributed by atoms with Crippen LogP contribution >= 0.6 is 11.3 Å². The van der Waals surface area contributed by atoms with Gasteiger partial charge in [-0.05, 0) is 18.8 Å². The molecule has 1 heterocycles. The molecule has 2 rings (SSSR count). The number of ether oxygens (including phenoxy) is 1. The van der Waals surface area contributed by atoms with Gasteiger partial charge in [0.15, 0.2) is 9.90 Å². The molecule has 1 aliphatic carbocycles. The molecule has 1 fully saturated rings. The molecule has 0 spiro atoms. The van der Waals surface area contributed by atoms with Gasteiger partial charge in [-0.25, -0.2) is 18.2 Å². The Morgan fingerprint density at radius 3 is 2.79 bits per heavy atom. The van der Waals surface area contributed by atoms with Crippen molar-refractivity contribution < 1.29 is 17.9 Å². The molecule has 0 N–H and O–H groups in total. The number of hydrogen-bond donors (Lipinski definition) is 0. The molecule has 0 saturated heterocycles. The van der Waals surface area contributed by atoms with Gasteiger partial charge in [0.05, 0.1) is 12.6 Å². The fourth-order valence-electron chi connectivity index (χ4n) is 1.93. The van der Waals surface area contributed by atoms with Crippen molar-refractivity contribution in [3.05, 3.63) is 11.2 Å². The summed E-state index contributed by atoms with van der Waals surface area (Å²) < 4.78 is 30.6. The van der Waals surface area contributed by atoms with Crippen LogP contribution < -0.4 is 0 Å². The quantitative estimate of drug-likeness (QED) is 0.767. The van der Waals surface area contributed by atoms with Gasteiger partial charge in [0.25, 0.3) is 10.0 Å². The summed E-state index contributed by atoms with van der Waals surface area (Å²) in [7, 11) is -0.924. The zero-order valence-electron chi connectivity index (χ0n) is 10.8. The van der Waals surface area contributed by atoms with Crippen LogP contribution in [0.2, 0.25) is 0 Å². The number of carbonyl (C=O) groups excluding carboxylic acids is 1. The number of sulfonamides is 1. The Balaban J connectivity index is 2.23. The second kappa shape index (κ2) is 5.56. The van der Waals surface area contributed by atoms with E-state index in [2.05, 4.69) is 9.72 Å². The van der Waals surface area contributed by atoms with Crippen LogP contribution in [0.15, 0.2) is 9.72 Å². The molecular weight excluding hydrogens is 288 g/mol. The fourth-order valence-corrected chi connectivity index (χ4v) is 4.50. The lowest BCUT2D eigenvalue weighted by Gasteiger charge is -2.29. The van der Waals surface area contributed by atoms with Crippen molar-refractivity contribution in [1.29, 1.82) is 0 Å². The molecule has 0 atom stereocenters. The molecule has 0 unspecified atom stereocenters. The summed E-state index contributed by atoms with van der Waals surface area (Å²) in [4.78, 5) is 15.3. The van der Waals surface area contributed by atoms with Crippen molar-refractivity contribution >= 4 is 27.3 Å². The van der Waals surface area contributed by atoms with Crippen molar-refractivity contribution in [2.75, 3.05) is 20.7 Å². The number of nitrogens with zero attached hydrogens (tertiary/aromatic N) is 2. The molecule has 8 heteroatoms. The molecule has 1 aromatic rings. The summed E-state index contributed by atoms with van der Waals surface area (Å²) in [5.74, 6) is -0.300. The molecular formula is C11H16N2O4S2. The van der Waals surface area contributed by atoms with Gasteiger partial charge in [-0.1, -0.05) is 6.42 Å². The summed E-state index contributed by atoms with van der Waals surface area (Å²) in [5.41, 5.74) is 1.21. The van der Waals surface area contributed by atoms with E-state index in [0.717, 1.165) is 30.6 Å². The Morgan fingerprint density at radius 1 is 1.58 bits per heavy atom. The molecule has 6 nitrogen and oxygen atoms in total. The first-order chi connectivity index (χ1) is 8.96. The third-order valence-electron chi connectivity index (χ3n) is 3.30. The van der Waals surface area contributed by atoms with E-state index in [-0.39, 0.29) is 9.90 Å². The first-order valence-corrected chi connectivity index (χ1v) is 8.27. The van der Waals surface area contributed by atoms with E-state index in [1.807, 2.05) is 0 Å². The fraction of sp³-hybridized carbons (Fsp3) is 0.636. The highest BCUT2D eigenvalue weighted by Crippen LogP contribution is 2.30. The second-order valence-electron chi connectivity index (χ2n) is 4.56. The van der Waals surface area contributed by atoms with Gasteiger partial charge < -0.3 is 4.74 Å². The molecule has 0 aromatic carbocycles. The van der Waals surface area contributed by atoms with Crippen LogP contribution in [0.5, 0.6) is 0 Å². The Bertz CT molecular complexity index is 563. The molecule has 0 amide bonds. The average Bonchev–Trinajstić information content (AvgIpc) is 2.82. The molecule has 19 heavy (non-hydrogen) atoms. The molecule has 0 radical (unpaired) electrons. The van der Waals surface area contributed by atoms with Gasteiger partial charge in [0.2, 0.25) is 0 Å². The second-order valence-corrected chi connectivity index (χ2v) is 7.66. The predicted octanol–water partition coefficient (Wildman–Crippen LogP) is 1.35. The molecule has 106 valence electrons. The topological polar surface area (TPSA) is 76.6 Å². The first kappa shape index (κ1) is 14.4. The molecule has 1 aliphatic rings. The lowest BCUT2D eigenvalue weighted by Crippen LogP contribution is -2.34. The minimum atomic E-state index is -3.66. The smallest absolute Gasteiger partial charge is 0.358 e. The van der Waals surface area contributed by atoms with Crippen LogP contribution in [0.4, 0.5) is 0 Å². The largest absolute Gasteiger partial charge is 0.464 e. The van der Waals surface area contributed by atoms with Crippen LogP contribution in [0.1, 0.15) is 29.8 Å². The highest BCUT2D eigenvalue weighted by Gasteiger charge is 2.32. The van der Waals surface area contributed by atoms with Gasteiger partial charge in [-0.15, -0.1) is 11.3 Å². The van der Waals surface area contributed by atoms with Gasteiger partial charge >= 0.3 is 5.97 Å². The molecule has 0 aliphatic heterocycles. The van der Waals surface area contributed by atoms with Gasteiger partial charge in [0, 0.05) is 13.6 Å². The Labute approximate surface area is 116 Å². The number of aromatic nitrogens is 1. The normalized spacial score (nSPS) is 16.4. The third-order valence-corrected chi connectivity index (χ3v) is 6.47. The highest BCUT2D eigenvalue weighted by molar-refractivity contribution is 7.91. The van der Waals surface area contributed by atoms with E-state index in [9.17, 15) is 13.2 Å². The number of thiazole rings is 1. The molecule has 1 saturated carbocycles. The van der Waals surface area contributed by atoms with E-state index >= 15 is 0 Å². The van der Waals surface area contributed by atoms with Crippen molar-refractivity contribution in [1.82, 2.24) is 9.29 Å². The van der Waals surface area contributed by atoms with Gasteiger partial charge in [0.1, 0.15) is 0 Å². The van der Waals surface area contributed by atoms with Crippen LogP contribution in [-0.2, 0) is 14.8 Å². The summed E-state index contributed by atoms with van der Waals surface area (Å²) in [6.07, 6.45) is 3.28. The van der Waals surface area contributed by atoms with E-state index < -0.39 is 16.0 Å². The van der Waals surface area contributed by atoms with Crippen LogP contribution in [0.25, 0.3) is 0 Å². The van der Waals surface area contributed by atoms with Gasteiger partial charge in [-0.3, -0.25) is 0 Å². The maximum Gasteiger partial charge on any atom is 0.358 e. The summed E-state index contributed by atoms with van der Waals surface area (Å²) >= 11 is 0.940. The minimum absolute atomic E-state index is 0.0406. The SMILES string of the molecule is COC(=O)c1ncsc1S(=O)(=O)N(C)CC1CCC1. The lowest BCUT2D eigenvalue weighted by molar-refractivity contribution is 0.0590. The predicted molar refractivity (Wildman–Crippen MR) is 70.6 cm³/mol. The first-order valence-electron chi connectivity index (χ1n) is 5.95. The Hall–Kier alpha value is -0.990. The zero-order valence-corrected chi connectivity index (χ0v) is 12.5. The lowest BCUT2D eigenvalue weighted by atomic mass is 9.86. The van der Waals surface area contributed by atoms with Crippen molar-refractivity contribution in [3.8, 4) is 0 Å².